The predicted octanol–water partition coefficient (Wildman–Crippen LogP) is 13.1. The third-order valence-corrected chi connectivity index (χ3v) is 16.6. The van der Waals surface area contributed by atoms with Crippen molar-refractivity contribution in [1.29, 1.82) is 0 Å². The highest BCUT2D eigenvalue weighted by Gasteiger charge is 2.51. The van der Waals surface area contributed by atoms with Crippen LogP contribution in [-0.2, 0) is 23.7 Å². The van der Waals surface area contributed by atoms with Crippen molar-refractivity contribution in [2.24, 2.45) is 0 Å². The van der Waals surface area contributed by atoms with Crippen LogP contribution in [0.2, 0.25) is 0 Å². The average molecular weight is 1160 g/mol. The van der Waals surface area contributed by atoms with E-state index in [1.54, 1.807) is 6.08 Å². The summed E-state index contributed by atoms with van der Waals surface area (Å²) in [5.41, 5.74) is 0. The summed E-state index contributed by atoms with van der Waals surface area (Å²) in [4.78, 5) is 13.2. The van der Waals surface area contributed by atoms with E-state index in [2.05, 4.69) is 42.6 Å². The second-order valence-electron chi connectivity index (χ2n) is 23.9. The number of amides is 1. The first-order chi connectivity index (χ1) is 40.1. The number of nitrogens with one attached hydrogen (secondary N) is 1. The molecule has 2 rings (SSSR count). The van der Waals surface area contributed by atoms with Gasteiger partial charge in [0, 0.05) is 6.42 Å². The highest BCUT2D eigenvalue weighted by atomic mass is 16.7. The summed E-state index contributed by atoms with van der Waals surface area (Å²) in [6, 6.07) is -0.935. The molecular formula is C68H125NO13. The lowest BCUT2D eigenvalue weighted by molar-refractivity contribution is -0.359. The third kappa shape index (κ3) is 37.5. The van der Waals surface area contributed by atoms with E-state index in [4.69, 9.17) is 18.9 Å². The van der Waals surface area contributed by atoms with E-state index in [-0.39, 0.29) is 18.9 Å². The zero-order valence-corrected chi connectivity index (χ0v) is 52.0. The molecule has 12 atom stereocenters. The molecule has 1 amide bonds. The maximum Gasteiger partial charge on any atom is 0.220 e. The fraction of sp³-hybridized carbons (Fsp3) is 0.868. The molecule has 82 heavy (non-hydrogen) atoms. The van der Waals surface area contributed by atoms with Crippen molar-refractivity contribution >= 4 is 5.91 Å². The molecule has 2 aliphatic heterocycles. The zero-order chi connectivity index (χ0) is 59.5. The first kappa shape index (κ1) is 76.0. The molecule has 0 radical (unpaired) electrons. The lowest BCUT2D eigenvalue weighted by atomic mass is 9.97. The van der Waals surface area contributed by atoms with Gasteiger partial charge in [-0.05, 0) is 64.7 Å². The number of rotatable bonds is 55. The van der Waals surface area contributed by atoms with Gasteiger partial charge in [0.15, 0.2) is 12.6 Å². The van der Waals surface area contributed by atoms with Gasteiger partial charge in [-0.15, -0.1) is 0 Å². The molecule has 0 spiro atoms. The van der Waals surface area contributed by atoms with Crippen LogP contribution >= 0.6 is 0 Å². The highest BCUT2D eigenvalue weighted by Crippen LogP contribution is 2.30. The van der Waals surface area contributed by atoms with Gasteiger partial charge in [0.1, 0.15) is 48.8 Å². The molecule has 14 nitrogen and oxygen atoms in total. The summed E-state index contributed by atoms with van der Waals surface area (Å²) < 4.78 is 22.7. The van der Waals surface area contributed by atoms with Gasteiger partial charge in [0.2, 0.25) is 5.91 Å². The Morgan fingerprint density at radius 1 is 0.451 bits per heavy atom. The summed E-state index contributed by atoms with van der Waals surface area (Å²) in [5.74, 6) is -0.253. The number of aliphatic hydroxyl groups is 8. The molecule has 0 bridgehead atoms. The number of hydrogen-bond acceptors (Lipinski definition) is 13. The van der Waals surface area contributed by atoms with Crippen molar-refractivity contribution in [2.75, 3.05) is 19.8 Å². The Labute approximate surface area is 499 Å². The number of carbonyl (C=O) groups excluding carboxylic acids is 1. The SMILES string of the molecule is C/C=C/CC/C=C/CC/C=C/C(O)C(COC1OC(CO)C(OC2OC(CO)C(O)C(O)C2O)C(O)C1O)NC(=O)CCCCCCCCCCCCCCCCCCCCCCCCCCCCC/C=C\CCCCCCCCCC. The standard InChI is InChI=1S/C68H125NO13/c1-3-5-7-9-11-13-14-15-16-17-18-19-20-21-22-23-24-25-26-27-28-29-30-31-32-33-34-35-36-37-38-39-40-41-42-44-46-48-50-52-60(73)69-56(57(72)51-49-47-45-43-12-10-8-6-4-2)55-79-67-65(78)63(76)66(59(54-71)81-67)82-68-64(77)62(75)61(74)58(53-70)80-68/h4,6,12,17-18,43,49,51,56-59,61-68,70-72,74-78H,3,5,7-11,13-16,19-42,44-48,50,52-55H2,1-2H3,(H,69,73)/b6-4+,18-17-,43-12+,51-49+. The highest BCUT2D eigenvalue weighted by molar-refractivity contribution is 5.76. The van der Waals surface area contributed by atoms with Crippen molar-refractivity contribution in [3.8, 4) is 0 Å². The van der Waals surface area contributed by atoms with Gasteiger partial charge in [0.25, 0.3) is 0 Å². The van der Waals surface area contributed by atoms with Crippen LogP contribution in [0.3, 0.4) is 0 Å². The van der Waals surface area contributed by atoms with Crippen LogP contribution in [0.5, 0.6) is 0 Å². The second-order valence-corrected chi connectivity index (χ2v) is 23.9. The maximum atomic E-state index is 13.2. The molecule has 0 aliphatic carbocycles. The molecule has 0 saturated carbocycles. The van der Waals surface area contributed by atoms with Crippen LogP contribution in [0, 0.1) is 0 Å². The Morgan fingerprint density at radius 3 is 1.27 bits per heavy atom. The number of allylic oxidation sites excluding steroid dienone is 7. The molecule has 12 unspecified atom stereocenters. The Kier molecular flexibility index (Phi) is 49.3. The molecule has 0 aromatic heterocycles. The topological polar surface area (TPSA) is 228 Å². The average Bonchev–Trinajstić information content (AvgIpc) is 3.24. The first-order valence-corrected chi connectivity index (χ1v) is 33.8. The Morgan fingerprint density at radius 2 is 0.829 bits per heavy atom. The predicted molar refractivity (Wildman–Crippen MR) is 332 cm³/mol. The normalized spacial score (nSPS) is 24.2. The van der Waals surface area contributed by atoms with Crippen LogP contribution in [-0.4, -0.2) is 140 Å². The van der Waals surface area contributed by atoms with Gasteiger partial charge in [-0.25, -0.2) is 0 Å². The van der Waals surface area contributed by atoms with Gasteiger partial charge < -0.3 is 65.1 Å². The lowest BCUT2D eigenvalue weighted by Gasteiger charge is -2.46. The molecule has 14 heteroatoms. The summed E-state index contributed by atoms with van der Waals surface area (Å²) >= 11 is 0. The van der Waals surface area contributed by atoms with E-state index >= 15 is 0 Å². The summed E-state index contributed by atoms with van der Waals surface area (Å²) in [6.07, 6.45) is 52.6. The van der Waals surface area contributed by atoms with Crippen LogP contribution in [0.15, 0.2) is 48.6 Å². The Balaban J connectivity index is 1.51. The van der Waals surface area contributed by atoms with Crippen LogP contribution < -0.4 is 5.32 Å². The van der Waals surface area contributed by atoms with Crippen LogP contribution in [0.1, 0.15) is 284 Å². The smallest absolute Gasteiger partial charge is 0.220 e. The summed E-state index contributed by atoms with van der Waals surface area (Å²) in [6.45, 7) is 2.54. The van der Waals surface area contributed by atoms with E-state index in [0.717, 1.165) is 38.5 Å². The lowest BCUT2D eigenvalue weighted by Crippen LogP contribution is -2.65. The zero-order valence-electron chi connectivity index (χ0n) is 52.0. The third-order valence-electron chi connectivity index (χ3n) is 16.6. The molecular weight excluding hydrogens is 1040 g/mol. The first-order valence-electron chi connectivity index (χ1n) is 33.8. The van der Waals surface area contributed by atoms with Gasteiger partial charge >= 0.3 is 0 Å². The van der Waals surface area contributed by atoms with Crippen molar-refractivity contribution in [2.45, 2.75) is 357 Å². The number of aliphatic hydroxyl groups excluding tert-OH is 8. The van der Waals surface area contributed by atoms with Crippen molar-refractivity contribution < 1.29 is 64.6 Å². The molecule has 2 aliphatic rings. The minimum absolute atomic E-state index is 0.253. The van der Waals surface area contributed by atoms with Crippen LogP contribution in [0.25, 0.3) is 0 Å². The minimum Gasteiger partial charge on any atom is -0.394 e. The Bertz CT molecular complexity index is 1560. The van der Waals surface area contributed by atoms with Crippen LogP contribution in [0.4, 0.5) is 0 Å². The van der Waals surface area contributed by atoms with E-state index in [0.29, 0.717) is 12.8 Å². The van der Waals surface area contributed by atoms with Gasteiger partial charge in [-0.1, -0.05) is 261 Å². The number of ether oxygens (including phenoxy) is 4. The molecule has 0 aromatic carbocycles. The molecule has 2 fully saturated rings. The van der Waals surface area contributed by atoms with E-state index in [1.165, 1.54) is 212 Å². The Hall–Kier alpha value is -2.05. The summed E-state index contributed by atoms with van der Waals surface area (Å²) in [5, 5.41) is 86.8. The molecule has 0 aromatic rings. The second kappa shape index (κ2) is 53.2. The van der Waals surface area contributed by atoms with E-state index < -0.39 is 86.8 Å². The van der Waals surface area contributed by atoms with E-state index in [1.807, 2.05) is 19.1 Å². The number of hydrogen-bond donors (Lipinski definition) is 9. The molecule has 2 saturated heterocycles. The van der Waals surface area contributed by atoms with E-state index in [9.17, 15) is 45.6 Å². The van der Waals surface area contributed by atoms with Gasteiger partial charge in [-0.2, -0.15) is 0 Å². The van der Waals surface area contributed by atoms with Crippen molar-refractivity contribution in [3.63, 3.8) is 0 Å². The van der Waals surface area contributed by atoms with Gasteiger partial charge in [0.05, 0.1) is 32.0 Å². The monoisotopic (exact) mass is 1160 g/mol. The minimum atomic E-state index is -1.79. The molecule has 9 N–H and O–H groups in total. The fourth-order valence-electron chi connectivity index (χ4n) is 11.2. The number of unbranched alkanes of at least 4 members (excludes halogenated alkanes) is 37. The van der Waals surface area contributed by atoms with Crippen molar-refractivity contribution in [1.82, 2.24) is 5.32 Å². The largest absolute Gasteiger partial charge is 0.394 e. The van der Waals surface area contributed by atoms with Gasteiger partial charge in [-0.3, -0.25) is 4.79 Å². The molecule has 480 valence electrons. The summed E-state index contributed by atoms with van der Waals surface area (Å²) in [7, 11) is 0. The van der Waals surface area contributed by atoms with Crippen molar-refractivity contribution in [3.05, 3.63) is 48.6 Å². The fourth-order valence-corrected chi connectivity index (χ4v) is 11.2. The number of carbonyl (C=O) groups is 1. The molecule has 2 heterocycles. The maximum absolute atomic E-state index is 13.2. The quantitative estimate of drug-likeness (QED) is 0.0204.